The maximum Gasteiger partial charge on any atom is 0.194 e. The summed E-state index contributed by atoms with van der Waals surface area (Å²) in [6, 6.07) is 2.52. The summed E-state index contributed by atoms with van der Waals surface area (Å²) in [7, 11) is 5.85. The largest absolute Gasteiger partial charge is 0.383 e. The number of aromatic nitrogens is 1. The molecule has 2 heterocycles. The van der Waals surface area contributed by atoms with Crippen LogP contribution in [0.2, 0.25) is 5.02 Å². The number of methoxy groups -OCH3 is 1. The van der Waals surface area contributed by atoms with Crippen LogP contribution in [-0.2, 0) is 18.3 Å². The van der Waals surface area contributed by atoms with E-state index in [1.165, 1.54) is 18.5 Å². The van der Waals surface area contributed by atoms with Gasteiger partial charge in [0, 0.05) is 52.2 Å². The normalized spacial score (nSPS) is 18.8. The van der Waals surface area contributed by atoms with Crippen LogP contribution in [0.5, 0.6) is 0 Å². The summed E-state index contributed by atoms with van der Waals surface area (Å²) in [5.41, 5.74) is 1.17. The molecule has 0 bridgehead atoms. The molecule has 25 heavy (non-hydrogen) atoms. The quantitative estimate of drug-likeness (QED) is 0.563. The second-order valence-corrected chi connectivity index (χ2v) is 7.07. The van der Waals surface area contributed by atoms with Gasteiger partial charge < -0.3 is 19.5 Å². The number of hydrogen-bond donors (Lipinski definition) is 1. The highest BCUT2D eigenvalue weighted by Crippen LogP contribution is 2.17. The number of ether oxygens (including phenoxy) is 1. The van der Waals surface area contributed by atoms with E-state index in [2.05, 4.69) is 33.7 Å². The molecule has 1 unspecified atom stereocenters. The van der Waals surface area contributed by atoms with Crippen molar-refractivity contribution in [2.75, 3.05) is 46.9 Å². The van der Waals surface area contributed by atoms with Crippen molar-refractivity contribution in [1.29, 1.82) is 0 Å². The first-order valence-electron chi connectivity index (χ1n) is 9.08. The SMILES string of the molecule is CCNC(=NCC1CCCN1CCOC)N(C)Cc1cc(Cl)cn1C. The van der Waals surface area contributed by atoms with Crippen LogP contribution in [0.3, 0.4) is 0 Å². The lowest BCUT2D eigenvalue weighted by Crippen LogP contribution is -2.40. The van der Waals surface area contributed by atoms with Crippen LogP contribution in [0.1, 0.15) is 25.5 Å². The molecule has 1 aromatic heterocycles. The van der Waals surface area contributed by atoms with Gasteiger partial charge in [-0.2, -0.15) is 0 Å². The van der Waals surface area contributed by atoms with Crippen molar-refractivity contribution < 1.29 is 4.74 Å². The summed E-state index contributed by atoms with van der Waals surface area (Å²) in [5.74, 6) is 0.943. The number of nitrogens with zero attached hydrogens (tertiary/aromatic N) is 4. The third-order valence-corrected chi connectivity index (χ3v) is 4.91. The Morgan fingerprint density at radius 1 is 1.52 bits per heavy atom. The lowest BCUT2D eigenvalue weighted by atomic mass is 10.2. The van der Waals surface area contributed by atoms with E-state index in [1.807, 2.05) is 19.3 Å². The number of halogens is 1. The Labute approximate surface area is 156 Å². The van der Waals surface area contributed by atoms with E-state index in [-0.39, 0.29) is 0 Å². The zero-order chi connectivity index (χ0) is 18.2. The molecule has 1 N–H and O–H groups in total. The van der Waals surface area contributed by atoms with Gasteiger partial charge >= 0.3 is 0 Å². The molecule has 7 heteroatoms. The fourth-order valence-electron chi connectivity index (χ4n) is 3.31. The predicted octanol–water partition coefficient (Wildman–Crippen LogP) is 2.19. The molecule has 0 amide bonds. The third kappa shape index (κ3) is 5.90. The van der Waals surface area contributed by atoms with E-state index in [0.29, 0.717) is 6.04 Å². The van der Waals surface area contributed by atoms with Gasteiger partial charge in [-0.15, -0.1) is 0 Å². The number of hydrogen-bond acceptors (Lipinski definition) is 3. The van der Waals surface area contributed by atoms with Crippen LogP contribution in [0, 0.1) is 0 Å². The monoisotopic (exact) mass is 369 g/mol. The smallest absolute Gasteiger partial charge is 0.194 e. The summed E-state index contributed by atoms with van der Waals surface area (Å²) in [5, 5.41) is 4.17. The summed E-state index contributed by atoms with van der Waals surface area (Å²) < 4.78 is 7.28. The van der Waals surface area contributed by atoms with E-state index >= 15 is 0 Å². The Bertz CT molecular complexity index is 560. The molecule has 1 atom stereocenters. The van der Waals surface area contributed by atoms with E-state index < -0.39 is 0 Å². The number of aryl methyl sites for hydroxylation is 1. The predicted molar refractivity (Wildman–Crippen MR) is 104 cm³/mol. The molecule has 2 rings (SSSR count). The lowest BCUT2D eigenvalue weighted by molar-refractivity contribution is 0.142. The van der Waals surface area contributed by atoms with Gasteiger partial charge in [-0.1, -0.05) is 11.6 Å². The first kappa shape index (κ1) is 20.1. The maximum atomic E-state index is 6.09. The van der Waals surface area contributed by atoms with Crippen LogP contribution in [-0.4, -0.2) is 73.3 Å². The van der Waals surface area contributed by atoms with Crippen molar-refractivity contribution in [3.63, 3.8) is 0 Å². The van der Waals surface area contributed by atoms with Crippen LogP contribution in [0.25, 0.3) is 0 Å². The fourth-order valence-corrected chi connectivity index (χ4v) is 3.58. The van der Waals surface area contributed by atoms with Crippen molar-refractivity contribution in [3.8, 4) is 0 Å². The molecule has 6 nitrogen and oxygen atoms in total. The third-order valence-electron chi connectivity index (χ3n) is 4.70. The van der Waals surface area contributed by atoms with E-state index in [9.17, 15) is 0 Å². The molecular weight excluding hydrogens is 338 g/mol. The van der Waals surface area contributed by atoms with Gasteiger partial charge in [0.1, 0.15) is 0 Å². The lowest BCUT2D eigenvalue weighted by Gasteiger charge is -2.25. The van der Waals surface area contributed by atoms with Crippen LogP contribution in [0.4, 0.5) is 0 Å². The molecule has 0 saturated carbocycles. The highest BCUT2D eigenvalue weighted by molar-refractivity contribution is 6.30. The zero-order valence-electron chi connectivity index (χ0n) is 16.0. The Morgan fingerprint density at radius 3 is 2.96 bits per heavy atom. The number of guanidine groups is 1. The minimum absolute atomic E-state index is 0.515. The summed E-state index contributed by atoms with van der Waals surface area (Å²) in [6.45, 7) is 7.48. The molecule has 1 aliphatic heterocycles. The molecule has 0 spiro atoms. The topological polar surface area (TPSA) is 45.0 Å². The Kier molecular flexibility index (Phi) is 8.06. The number of aliphatic imine (C=N–C) groups is 1. The van der Waals surface area contributed by atoms with Crippen molar-refractivity contribution >= 4 is 17.6 Å². The summed E-state index contributed by atoms with van der Waals surface area (Å²) in [4.78, 5) is 9.54. The molecule has 0 aliphatic carbocycles. The fraction of sp³-hybridized carbons (Fsp3) is 0.722. The van der Waals surface area contributed by atoms with E-state index in [0.717, 1.165) is 50.3 Å². The summed E-state index contributed by atoms with van der Waals surface area (Å²) >= 11 is 6.09. The molecule has 1 saturated heterocycles. The van der Waals surface area contributed by atoms with E-state index in [4.69, 9.17) is 21.3 Å². The molecule has 1 aromatic rings. The van der Waals surface area contributed by atoms with Gasteiger partial charge in [-0.3, -0.25) is 9.89 Å². The van der Waals surface area contributed by atoms with Crippen molar-refractivity contribution in [3.05, 3.63) is 23.0 Å². The van der Waals surface area contributed by atoms with Gasteiger partial charge in [0.2, 0.25) is 0 Å². The highest BCUT2D eigenvalue weighted by atomic mass is 35.5. The first-order valence-corrected chi connectivity index (χ1v) is 9.46. The minimum atomic E-state index is 0.515. The van der Waals surface area contributed by atoms with Crippen molar-refractivity contribution in [2.24, 2.45) is 12.0 Å². The molecule has 1 fully saturated rings. The molecular formula is C18H32ClN5O. The van der Waals surface area contributed by atoms with Gasteiger partial charge in [0.15, 0.2) is 5.96 Å². The van der Waals surface area contributed by atoms with E-state index in [1.54, 1.807) is 7.11 Å². The average Bonchev–Trinajstić information content (AvgIpc) is 3.15. The standard InChI is InChI=1S/C18H32ClN5O/c1-5-20-18(23(3)14-17-11-15(19)13-22(17)2)21-12-16-7-6-8-24(16)9-10-25-4/h11,13,16H,5-10,12,14H2,1-4H3,(H,20,21). The minimum Gasteiger partial charge on any atom is -0.383 e. The Hall–Kier alpha value is -1.24. The second kappa shape index (κ2) is 10.0. The summed E-state index contributed by atoms with van der Waals surface area (Å²) in [6.07, 6.45) is 4.39. The van der Waals surface area contributed by atoms with Gasteiger partial charge in [0.05, 0.1) is 24.7 Å². The van der Waals surface area contributed by atoms with Gasteiger partial charge in [0.25, 0.3) is 0 Å². The molecule has 1 aliphatic rings. The van der Waals surface area contributed by atoms with Crippen LogP contribution < -0.4 is 5.32 Å². The molecule has 142 valence electrons. The second-order valence-electron chi connectivity index (χ2n) is 6.64. The van der Waals surface area contributed by atoms with Gasteiger partial charge in [-0.05, 0) is 32.4 Å². The zero-order valence-corrected chi connectivity index (χ0v) is 16.7. The molecule has 0 aromatic carbocycles. The highest BCUT2D eigenvalue weighted by Gasteiger charge is 2.24. The van der Waals surface area contributed by atoms with Crippen molar-refractivity contribution in [2.45, 2.75) is 32.4 Å². The number of likely N-dealkylation sites (tertiary alicyclic amines) is 1. The van der Waals surface area contributed by atoms with Crippen LogP contribution in [0.15, 0.2) is 17.3 Å². The van der Waals surface area contributed by atoms with Gasteiger partial charge in [-0.25, -0.2) is 0 Å². The molecule has 0 radical (unpaired) electrons. The van der Waals surface area contributed by atoms with Crippen molar-refractivity contribution in [1.82, 2.24) is 19.7 Å². The maximum absolute atomic E-state index is 6.09. The number of nitrogens with one attached hydrogen (secondary N) is 1. The number of rotatable bonds is 8. The Morgan fingerprint density at radius 2 is 2.32 bits per heavy atom. The first-order chi connectivity index (χ1) is 12.0. The Balaban J connectivity index is 1.98. The average molecular weight is 370 g/mol. The van der Waals surface area contributed by atoms with Crippen LogP contribution >= 0.6 is 11.6 Å².